The molecule has 0 aliphatic carbocycles. The Labute approximate surface area is 152 Å². The van der Waals surface area contributed by atoms with Crippen molar-refractivity contribution in [3.63, 3.8) is 0 Å². The van der Waals surface area contributed by atoms with Crippen LogP contribution in [0.2, 0.25) is 0 Å². The second kappa shape index (κ2) is 7.74. The van der Waals surface area contributed by atoms with Crippen LogP contribution in [0.25, 0.3) is 0 Å². The molecule has 0 aliphatic heterocycles. The topological polar surface area (TPSA) is 79.8 Å². The molecule has 0 spiro atoms. The lowest BCUT2D eigenvalue weighted by atomic mass is 10.1. The summed E-state index contributed by atoms with van der Waals surface area (Å²) in [5, 5.41) is 6.10. The molecule has 1 aromatic carbocycles. The maximum atomic E-state index is 12.2. The highest BCUT2D eigenvalue weighted by Gasteiger charge is 2.09. The number of nitrogens with one attached hydrogen (secondary N) is 2. The van der Waals surface area contributed by atoms with E-state index in [1.165, 1.54) is 11.8 Å². The Balaban J connectivity index is 1.66. The minimum atomic E-state index is -0.261. The highest BCUT2D eigenvalue weighted by Crippen LogP contribution is 2.24. The number of anilines is 2. The maximum absolute atomic E-state index is 12.2. The lowest BCUT2D eigenvalue weighted by Gasteiger charge is -2.13. The second-order valence-corrected chi connectivity index (χ2v) is 6.22. The van der Waals surface area contributed by atoms with Gasteiger partial charge in [0, 0.05) is 24.6 Å². The van der Waals surface area contributed by atoms with E-state index in [0.29, 0.717) is 12.4 Å². The fourth-order valence-electron chi connectivity index (χ4n) is 2.79. The standard InChI is InChI=1S/C20H21N5O/c1-13-8-14(2)19(15(3)9-13)25-18-12-22-17(11-23-18)20(26)24-10-16-4-6-21-7-5-16/h4-9,11-12H,10H2,1-3H3,(H,23,25)(H,24,26). The number of amides is 1. The number of aryl methyl sites for hydroxylation is 3. The largest absolute Gasteiger partial charge is 0.347 e. The molecule has 26 heavy (non-hydrogen) atoms. The molecule has 0 fully saturated rings. The molecule has 0 bridgehead atoms. The normalized spacial score (nSPS) is 10.4. The summed E-state index contributed by atoms with van der Waals surface area (Å²) in [5.74, 6) is 0.342. The third-order valence-corrected chi connectivity index (χ3v) is 4.02. The number of carbonyl (C=O) groups is 1. The van der Waals surface area contributed by atoms with E-state index in [-0.39, 0.29) is 11.6 Å². The zero-order chi connectivity index (χ0) is 18.5. The molecule has 2 heterocycles. The third kappa shape index (κ3) is 4.22. The Bertz CT molecular complexity index is 884. The van der Waals surface area contributed by atoms with Gasteiger partial charge in [0.1, 0.15) is 11.5 Å². The molecule has 0 saturated carbocycles. The molecule has 0 aliphatic rings. The average molecular weight is 347 g/mol. The van der Waals surface area contributed by atoms with Crippen LogP contribution in [0.3, 0.4) is 0 Å². The fourth-order valence-corrected chi connectivity index (χ4v) is 2.79. The smallest absolute Gasteiger partial charge is 0.271 e. The highest BCUT2D eigenvalue weighted by atomic mass is 16.1. The van der Waals surface area contributed by atoms with Crippen molar-refractivity contribution in [3.8, 4) is 0 Å². The van der Waals surface area contributed by atoms with Crippen molar-refractivity contribution in [1.29, 1.82) is 0 Å². The van der Waals surface area contributed by atoms with Gasteiger partial charge >= 0.3 is 0 Å². The van der Waals surface area contributed by atoms with Crippen LogP contribution < -0.4 is 10.6 Å². The van der Waals surface area contributed by atoms with Crippen molar-refractivity contribution in [1.82, 2.24) is 20.3 Å². The molecule has 3 rings (SSSR count). The number of aromatic nitrogens is 3. The summed E-state index contributed by atoms with van der Waals surface area (Å²) in [6.45, 7) is 6.60. The summed E-state index contributed by atoms with van der Waals surface area (Å²) in [7, 11) is 0. The summed E-state index contributed by atoms with van der Waals surface area (Å²) in [6, 6.07) is 7.93. The van der Waals surface area contributed by atoms with Crippen molar-refractivity contribution in [2.75, 3.05) is 5.32 Å². The number of benzene rings is 1. The predicted octanol–water partition coefficient (Wildman–Crippen LogP) is 3.47. The number of carbonyl (C=O) groups excluding carboxylic acids is 1. The number of hydrogen-bond donors (Lipinski definition) is 2. The number of pyridine rings is 1. The van der Waals surface area contributed by atoms with Crippen LogP contribution in [0.4, 0.5) is 11.5 Å². The minimum absolute atomic E-state index is 0.261. The summed E-state index contributed by atoms with van der Waals surface area (Å²) < 4.78 is 0. The summed E-state index contributed by atoms with van der Waals surface area (Å²) in [5.41, 5.74) is 5.77. The Morgan fingerprint density at radius 3 is 2.31 bits per heavy atom. The van der Waals surface area contributed by atoms with Crippen LogP contribution in [-0.2, 0) is 6.54 Å². The molecule has 0 unspecified atom stereocenters. The van der Waals surface area contributed by atoms with E-state index in [2.05, 4.69) is 58.5 Å². The SMILES string of the molecule is Cc1cc(C)c(Nc2cnc(C(=O)NCc3ccncc3)cn2)c(C)c1. The number of hydrogen-bond acceptors (Lipinski definition) is 5. The van der Waals surface area contributed by atoms with E-state index >= 15 is 0 Å². The molecule has 0 atom stereocenters. The third-order valence-electron chi connectivity index (χ3n) is 4.02. The lowest BCUT2D eigenvalue weighted by Crippen LogP contribution is -2.24. The van der Waals surface area contributed by atoms with Gasteiger partial charge < -0.3 is 10.6 Å². The van der Waals surface area contributed by atoms with E-state index in [1.54, 1.807) is 18.6 Å². The van der Waals surface area contributed by atoms with E-state index in [4.69, 9.17) is 0 Å². The minimum Gasteiger partial charge on any atom is -0.347 e. The fraction of sp³-hybridized carbons (Fsp3) is 0.200. The van der Waals surface area contributed by atoms with Gasteiger partial charge in [-0.2, -0.15) is 0 Å². The summed E-state index contributed by atoms with van der Waals surface area (Å²) in [6.07, 6.45) is 6.43. The zero-order valence-electron chi connectivity index (χ0n) is 15.1. The molecule has 0 saturated heterocycles. The molecule has 2 aromatic heterocycles. The van der Waals surface area contributed by atoms with Crippen LogP contribution in [0.15, 0.2) is 49.1 Å². The molecule has 132 valence electrons. The molecule has 0 radical (unpaired) electrons. The van der Waals surface area contributed by atoms with Crippen molar-refractivity contribution >= 4 is 17.4 Å². The monoisotopic (exact) mass is 347 g/mol. The summed E-state index contributed by atoms with van der Waals surface area (Å²) in [4.78, 5) is 24.7. The van der Waals surface area contributed by atoms with Gasteiger partial charge in [-0.1, -0.05) is 17.7 Å². The van der Waals surface area contributed by atoms with Gasteiger partial charge in [0.05, 0.1) is 12.4 Å². The van der Waals surface area contributed by atoms with Crippen molar-refractivity contribution < 1.29 is 4.79 Å². The van der Waals surface area contributed by atoms with Crippen LogP contribution in [0.5, 0.6) is 0 Å². The highest BCUT2D eigenvalue weighted by molar-refractivity contribution is 5.92. The Kier molecular flexibility index (Phi) is 5.22. The first-order chi connectivity index (χ1) is 12.5. The van der Waals surface area contributed by atoms with E-state index < -0.39 is 0 Å². The van der Waals surface area contributed by atoms with Crippen molar-refractivity contribution in [3.05, 3.63) is 77.0 Å². The van der Waals surface area contributed by atoms with Crippen LogP contribution >= 0.6 is 0 Å². The molecule has 1 amide bonds. The zero-order valence-corrected chi connectivity index (χ0v) is 15.1. The van der Waals surface area contributed by atoms with Crippen LogP contribution in [-0.4, -0.2) is 20.9 Å². The molecular weight excluding hydrogens is 326 g/mol. The maximum Gasteiger partial charge on any atom is 0.271 e. The number of nitrogens with zero attached hydrogens (tertiary/aromatic N) is 3. The first kappa shape index (κ1) is 17.5. The van der Waals surface area contributed by atoms with Crippen molar-refractivity contribution in [2.24, 2.45) is 0 Å². The van der Waals surface area contributed by atoms with Crippen LogP contribution in [0.1, 0.15) is 32.7 Å². The molecule has 3 aromatic rings. The van der Waals surface area contributed by atoms with E-state index in [1.807, 2.05) is 12.1 Å². The first-order valence-corrected chi connectivity index (χ1v) is 8.37. The van der Waals surface area contributed by atoms with Gasteiger partial charge in [0.25, 0.3) is 5.91 Å². The molecule has 2 N–H and O–H groups in total. The predicted molar refractivity (Wildman–Crippen MR) is 101 cm³/mol. The van der Waals surface area contributed by atoms with Crippen molar-refractivity contribution in [2.45, 2.75) is 27.3 Å². The van der Waals surface area contributed by atoms with Gasteiger partial charge in [0.2, 0.25) is 0 Å². The van der Waals surface area contributed by atoms with E-state index in [0.717, 1.165) is 22.4 Å². The van der Waals surface area contributed by atoms with Gasteiger partial charge in [0.15, 0.2) is 0 Å². The lowest BCUT2D eigenvalue weighted by molar-refractivity contribution is 0.0945. The molecular formula is C20H21N5O. The Morgan fingerprint density at radius 2 is 1.69 bits per heavy atom. The van der Waals surface area contributed by atoms with Gasteiger partial charge in [-0.05, 0) is 49.6 Å². The second-order valence-electron chi connectivity index (χ2n) is 6.22. The van der Waals surface area contributed by atoms with Gasteiger partial charge in [-0.3, -0.25) is 9.78 Å². The summed E-state index contributed by atoms with van der Waals surface area (Å²) >= 11 is 0. The molecule has 6 nitrogen and oxygen atoms in total. The van der Waals surface area contributed by atoms with Gasteiger partial charge in [-0.25, -0.2) is 9.97 Å². The Morgan fingerprint density at radius 1 is 1.00 bits per heavy atom. The quantitative estimate of drug-likeness (QED) is 0.739. The van der Waals surface area contributed by atoms with Crippen LogP contribution in [0, 0.1) is 20.8 Å². The van der Waals surface area contributed by atoms with E-state index in [9.17, 15) is 4.79 Å². The Hall–Kier alpha value is -3.28. The molecule has 6 heteroatoms. The van der Waals surface area contributed by atoms with Gasteiger partial charge in [-0.15, -0.1) is 0 Å². The number of rotatable bonds is 5. The first-order valence-electron chi connectivity index (χ1n) is 8.37. The average Bonchev–Trinajstić information content (AvgIpc) is 2.64.